The lowest BCUT2D eigenvalue weighted by Crippen LogP contribution is -2.19. The first-order valence-electron chi connectivity index (χ1n) is 6.98. The minimum atomic E-state index is -0.0231. The standard InChI is InChI=1S/C15H20N2O2/c16-11-14-4-5-15(18)17(12-14)8-2-1-3-13-6-9-19-10-7-13/h4-5,12-13H,1-3,6-10H2. The maximum Gasteiger partial charge on any atom is 0.250 e. The van der Waals surface area contributed by atoms with Crippen LogP contribution >= 0.6 is 0 Å². The van der Waals surface area contributed by atoms with Crippen LogP contribution in [0.2, 0.25) is 0 Å². The first-order valence-corrected chi connectivity index (χ1v) is 6.98. The highest BCUT2D eigenvalue weighted by molar-refractivity contribution is 5.24. The Balaban J connectivity index is 1.76. The number of aryl methyl sites for hydroxylation is 1. The van der Waals surface area contributed by atoms with Gasteiger partial charge in [-0.3, -0.25) is 4.79 Å². The van der Waals surface area contributed by atoms with E-state index in [-0.39, 0.29) is 5.56 Å². The summed E-state index contributed by atoms with van der Waals surface area (Å²) in [5, 5.41) is 8.82. The molecule has 0 amide bonds. The van der Waals surface area contributed by atoms with E-state index >= 15 is 0 Å². The van der Waals surface area contributed by atoms with Crippen molar-refractivity contribution in [3.8, 4) is 6.07 Å². The van der Waals surface area contributed by atoms with E-state index in [1.54, 1.807) is 16.8 Å². The number of pyridine rings is 1. The van der Waals surface area contributed by atoms with E-state index in [9.17, 15) is 4.79 Å². The van der Waals surface area contributed by atoms with Gasteiger partial charge in [0.25, 0.3) is 5.56 Å². The predicted molar refractivity (Wildman–Crippen MR) is 72.8 cm³/mol. The molecule has 4 nitrogen and oxygen atoms in total. The van der Waals surface area contributed by atoms with E-state index in [1.807, 2.05) is 0 Å². The van der Waals surface area contributed by atoms with Gasteiger partial charge in [-0.05, 0) is 31.2 Å². The molecule has 19 heavy (non-hydrogen) atoms. The molecular formula is C15H20N2O2. The van der Waals surface area contributed by atoms with Gasteiger partial charge in [-0.25, -0.2) is 0 Å². The molecule has 1 fully saturated rings. The molecule has 1 aromatic rings. The van der Waals surface area contributed by atoms with Crippen molar-refractivity contribution in [1.82, 2.24) is 4.57 Å². The number of nitriles is 1. The Kier molecular flexibility index (Phi) is 5.17. The lowest BCUT2D eigenvalue weighted by Gasteiger charge is -2.21. The minimum Gasteiger partial charge on any atom is -0.381 e. The van der Waals surface area contributed by atoms with Crippen molar-refractivity contribution >= 4 is 0 Å². The molecule has 0 radical (unpaired) electrons. The molecule has 2 heterocycles. The highest BCUT2D eigenvalue weighted by atomic mass is 16.5. The fourth-order valence-electron chi connectivity index (χ4n) is 2.52. The third-order valence-corrected chi connectivity index (χ3v) is 3.71. The molecule has 0 aromatic carbocycles. The Hall–Kier alpha value is -1.60. The van der Waals surface area contributed by atoms with Crippen LogP contribution in [0.1, 0.15) is 37.7 Å². The summed E-state index contributed by atoms with van der Waals surface area (Å²) in [7, 11) is 0. The monoisotopic (exact) mass is 260 g/mol. The summed E-state index contributed by atoms with van der Waals surface area (Å²) in [6, 6.07) is 5.10. The molecule has 4 heteroatoms. The van der Waals surface area contributed by atoms with Gasteiger partial charge in [0.05, 0.1) is 5.56 Å². The van der Waals surface area contributed by atoms with Crippen molar-refractivity contribution < 1.29 is 4.74 Å². The second-order valence-electron chi connectivity index (χ2n) is 5.11. The molecule has 0 atom stereocenters. The second kappa shape index (κ2) is 7.10. The van der Waals surface area contributed by atoms with Crippen LogP contribution in [0, 0.1) is 17.2 Å². The number of ether oxygens (including phenoxy) is 1. The number of hydrogen-bond donors (Lipinski definition) is 0. The van der Waals surface area contributed by atoms with E-state index in [2.05, 4.69) is 6.07 Å². The van der Waals surface area contributed by atoms with Gasteiger partial charge in [-0.2, -0.15) is 5.26 Å². The molecule has 0 bridgehead atoms. The van der Waals surface area contributed by atoms with Gasteiger partial charge in [-0.15, -0.1) is 0 Å². The van der Waals surface area contributed by atoms with Gasteiger partial charge in [0.1, 0.15) is 6.07 Å². The van der Waals surface area contributed by atoms with Gasteiger partial charge in [-0.1, -0.05) is 12.8 Å². The lowest BCUT2D eigenvalue weighted by molar-refractivity contribution is 0.0630. The minimum absolute atomic E-state index is 0.0231. The fourth-order valence-corrected chi connectivity index (χ4v) is 2.52. The van der Waals surface area contributed by atoms with Crippen molar-refractivity contribution in [3.05, 3.63) is 34.2 Å². The summed E-state index contributed by atoms with van der Waals surface area (Å²) in [6.45, 7) is 2.50. The maximum absolute atomic E-state index is 11.6. The van der Waals surface area contributed by atoms with Crippen LogP contribution in [0.5, 0.6) is 0 Å². The SMILES string of the molecule is N#Cc1ccc(=O)n(CCCCC2CCOCC2)c1. The van der Waals surface area contributed by atoms with Crippen LogP contribution in [0.3, 0.4) is 0 Å². The molecule has 0 saturated carbocycles. The summed E-state index contributed by atoms with van der Waals surface area (Å²) in [4.78, 5) is 11.6. The molecule has 1 aromatic heterocycles. The van der Waals surface area contributed by atoms with Gasteiger partial charge in [0.2, 0.25) is 0 Å². The molecule has 1 aliphatic heterocycles. The van der Waals surface area contributed by atoms with E-state index in [0.29, 0.717) is 12.1 Å². The number of nitrogens with zero attached hydrogens (tertiary/aromatic N) is 2. The van der Waals surface area contributed by atoms with E-state index in [1.165, 1.54) is 25.3 Å². The fraction of sp³-hybridized carbons (Fsp3) is 0.600. The third-order valence-electron chi connectivity index (χ3n) is 3.71. The highest BCUT2D eigenvalue weighted by Gasteiger charge is 2.12. The normalized spacial score (nSPS) is 16.2. The van der Waals surface area contributed by atoms with Crippen molar-refractivity contribution in [2.75, 3.05) is 13.2 Å². The quantitative estimate of drug-likeness (QED) is 0.763. The number of hydrogen-bond acceptors (Lipinski definition) is 3. The van der Waals surface area contributed by atoms with Crippen LogP contribution in [0.25, 0.3) is 0 Å². The van der Waals surface area contributed by atoms with E-state index < -0.39 is 0 Å². The molecule has 1 aliphatic rings. The van der Waals surface area contributed by atoms with Gasteiger partial charge in [0.15, 0.2) is 0 Å². The van der Waals surface area contributed by atoms with E-state index in [4.69, 9.17) is 10.00 Å². The first-order chi connectivity index (χ1) is 9.29. The summed E-state index contributed by atoms with van der Waals surface area (Å²) in [5.41, 5.74) is 0.522. The van der Waals surface area contributed by atoms with E-state index in [0.717, 1.165) is 32.0 Å². The van der Waals surface area contributed by atoms with Gasteiger partial charge < -0.3 is 9.30 Å². The average Bonchev–Trinajstić information content (AvgIpc) is 2.46. The number of aromatic nitrogens is 1. The Bertz CT molecular complexity index is 496. The van der Waals surface area contributed by atoms with Crippen LogP contribution in [-0.4, -0.2) is 17.8 Å². The molecule has 0 spiro atoms. The molecule has 0 unspecified atom stereocenters. The molecule has 2 rings (SSSR count). The molecule has 102 valence electrons. The third kappa shape index (κ3) is 4.22. The first kappa shape index (κ1) is 13.8. The van der Waals surface area contributed by atoms with Crippen molar-refractivity contribution in [2.45, 2.75) is 38.6 Å². The summed E-state index contributed by atoms with van der Waals surface area (Å²) in [5.74, 6) is 0.788. The van der Waals surface area contributed by atoms with Crippen LogP contribution in [0.15, 0.2) is 23.1 Å². The van der Waals surface area contributed by atoms with Crippen LogP contribution in [0.4, 0.5) is 0 Å². The Morgan fingerprint density at radius 2 is 2.11 bits per heavy atom. The highest BCUT2D eigenvalue weighted by Crippen LogP contribution is 2.20. The number of rotatable bonds is 5. The van der Waals surface area contributed by atoms with Gasteiger partial charge in [0, 0.05) is 32.0 Å². The second-order valence-corrected chi connectivity index (χ2v) is 5.11. The van der Waals surface area contributed by atoms with Crippen molar-refractivity contribution in [3.63, 3.8) is 0 Å². The maximum atomic E-state index is 11.6. The smallest absolute Gasteiger partial charge is 0.250 e. The average molecular weight is 260 g/mol. The topological polar surface area (TPSA) is 55.0 Å². The molecular weight excluding hydrogens is 240 g/mol. The summed E-state index contributed by atoms with van der Waals surface area (Å²) in [6.07, 6.45) is 7.33. The molecule has 1 saturated heterocycles. The Morgan fingerprint density at radius 3 is 2.84 bits per heavy atom. The molecule has 0 N–H and O–H groups in total. The Labute approximate surface area is 113 Å². The summed E-state index contributed by atoms with van der Waals surface area (Å²) >= 11 is 0. The molecule has 0 aliphatic carbocycles. The van der Waals surface area contributed by atoms with Crippen LogP contribution in [-0.2, 0) is 11.3 Å². The zero-order valence-electron chi connectivity index (χ0n) is 11.2. The summed E-state index contributed by atoms with van der Waals surface area (Å²) < 4.78 is 6.98. The zero-order valence-corrected chi connectivity index (χ0v) is 11.2. The van der Waals surface area contributed by atoms with Crippen LogP contribution < -0.4 is 5.56 Å². The Morgan fingerprint density at radius 1 is 1.32 bits per heavy atom. The van der Waals surface area contributed by atoms with Crippen molar-refractivity contribution in [1.29, 1.82) is 5.26 Å². The number of unbranched alkanes of at least 4 members (excludes halogenated alkanes) is 1. The van der Waals surface area contributed by atoms with Crippen molar-refractivity contribution in [2.24, 2.45) is 5.92 Å². The zero-order chi connectivity index (χ0) is 13.5. The van der Waals surface area contributed by atoms with Gasteiger partial charge >= 0.3 is 0 Å². The predicted octanol–water partition coefficient (Wildman–Crippen LogP) is 2.32. The largest absolute Gasteiger partial charge is 0.381 e. The lowest BCUT2D eigenvalue weighted by atomic mass is 9.94.